The normalized spacial score (nSPS) is 17.3. The molecule has 16 heavy (non-hydrogen) atoms. The molecule has 0 atom stereocenters. The summed E-state index contributed by atoms with van der Waals surface area (Å²) in [5.41, 5.74) is 0. The standard InChI is InChI=1S/C11H22N2O3/c14-8-1-3-11(15)12-4-2-5-13-6-9-16-10-7-13/h14H,1-10H2,(H,12,15). The number of carbonyl (C=O) groups excluding carboxylic acids is 1. The molecule has 0 aromatic heterocycles. The Labute approximate surface area is 96.8 Å². The van der Waals surface area contributed by atoms with Crippen LogP contribution in [0.1, 0.15) is 19.3 Å². The molecule has 2 N–H and O–H groups in total. The lowest BCUT2D eigenvalue weighted by atomic mass is 10.3. The van der Waals surface area contributed by atoms with Gasteiger partial charge in [0.25, 0.3) is 0 Å². The first-order valence-corrected chi connectivity index (χ1v) is 6.00. The molecule has 1 fully saturated rings. The number of aliphatic hydroxyl groups excluding tert-OH is 1. The zero-order valence-corrected chi connectivity index (χ0v) is 9.78. The van der Waals surface area contributed by atoms with E-state index >= 15 is 0 Å². The van der Waals surface area contributed by atoms with E-state index in [4.69, 9.17) is 9.84 Å². The Hall–Kier alpha value is -0.650. The summed E-state index contributed by atoms with van der Waals surface area (Å²) < 4.78 is 5.25. The number of aliphatic hydroxyl groups is 1. The summed E-state index contributed by atoms with van der Waals surface area (Å²) in [7, 11) is 0. The Balaban J connectivity index is 1.92. The topological polar surface area (TPSA) is 61.8 Å². The highest BCUT2D eigenvalue weighted by molar-refractivity contribution is 5.75. The van der Waals surface area contributed by atoms with Gasteiger partial charge in [-0.3, -0.25) is 9.69 Å². The van der Waals surface area contributed by atoms with Crippen molar-refractivity contribution in [2.75, 3.05) is 46.0 Å². The molecule has 0 aliphatic carbocycles. The molecule has 94 valence electrons. The van der Waals surface area contributed by atoms with Crippen LogP contribution >= 0.6 is 0 Å². The summed E-state index contributed by atoms with van der Waals surface area (Å²) in [4.78, 5) is 13.5. The lowest BCUT2D eigenvalue weighted by molar-refractivity contribution is -0.121. The summed E-state index contributed by atoms with van der Waals surface area (Å²) in [5.74, 6) is 0.0380. The molecular weight excluding hydrogens is 208 g/mol. The number of hydrogen-bond donors (Lipinski definition) is 2. The van der Waals surface area contributed by atoms with Gasteiger partial charge >= 0.3 is 0 Å². The lowest BCUT2D eigenvalue weighted by Crippen LogP contribution is -2.38. The van der Waals surface area contributed by atoms with Crippen molar-refractivity contribution in [3.63, 3.8) is 0 Å². The van der Waals surface area contributed by atoms with Crippen molar-refractivity contribution >= 4 is 5.91 Å². The molecule has 0 radical (unpaired) electrons. The van der Waals surface area contributed by atoms with Crippen molar-refractivity contribution < 1.29 is 14.6 Å². The summed E-state index contributed by atoms with van der Waals surface area (Å²) in [6.45, 7) is 5.47. The highest BCUT2D eigenvalue weighted by Gasteiger charge is 2.09. The van der Waals surface area contributed by atoms with Crippen LogP contribution in [0.2, 0.25) is 0 Å². The first-order valence-electron chi connectivity index (χ1n) is 6.00. The van der Waals surface area contributed by atoms with E-state index in [2.05, 4.69) is 10.2 Å². The number of hydrogen-bond acceptors (Lipinski definition) is 4. The number of carbonyl (C=O) groups is 1. The van der Waals surface area contributed by atoms with Gasteiger partial charge in [-0.05, 0) is 19.4 Å². The SMILES string of the molecule is O=C(CCCO)NCCCN1CCOCC1. The smallest absolute Gasteiger partial charge is 0.220 e. The highest BCUT2D eigenvalue weighted by Crippen LogP contribution is 1.97. The van der Waals surface area contributed by atoms with Crippen LogP contribution in [0.25, 0.3) is 0 Å². The Bertz CT molecular complexity index is 194. The van der Waals surface area contributed by atoms with E-state index in [0.717, 1.165) is 45.8 Å². The molecule has 0 spiro atoms. The number of rotatable bonds is 7. The van der Waals surface area contributed by atoms with E-state index in [9.17, 15) is 4.79 Å². The number of morpholine rings is 1. The summed E-state index contributed by atoms with van der Waals surface area (Å²) >= 11 is 0. The average Bonchev–Trinajstić information content (AvgIpc) is 2.33. The second kappa shape index (κ2) is 8.50. The molecule has 0 unspecified atom stereocenters. The van der Waals surface area contributed by atoms with Gasteiger partial charge in [0.05, 0.1) is 13.2 Å². The van der Waals surface area contributed by atoms with Gasteiger partial charge in [0.2, 0.25) is 5.91 Å². The number of nitrogens with zero attached hydrogens (tertiary/aromatic N) is 1. The molecule has 0 saturated carbocycles. The van der Waals surface area contributed by atoms with E-state index in [0.29, 0.717) is 12.8 Å². The van der Waals surface area contributed by atoms with Crippen LogP contribution in [0.5, 0.6) is 0 Å². The van der Waals surface area contributed by atoms with Crippen LogP contribution in [0.4, 0.5) is 0 Å². The maximum absolute atomic E-state index is 11.2. The molecule has 5 heteroatoms. The van der Waals surface area contributed by atoms with Crippen molar-refractivity contribution in [2.24, 2.45) is 0 Å². The first-order chi connectivity index (χ1) is 7.83. The molecule has 0 aromatic carbocycles. The number of amides is 1. The summed E-state index contributed by atoms with van der Waals surface area (Å²) in [6.07, 6.45) is 1.95. The third kappa shape index (κ3) is 6.05. The lowest BCUT2D eigenvalue weighted by Gasteiger charge is -2.26. The van der Waals surface area contributed by atoms with Gasteiger partial charge in [0.1, 0.15) is 0 Å². The van der Waals surface area contributed by atoms with Crippen molar-refractivity contribution in [3.05, 3.63) is 0 Å². The minimum atomic E-state index is 0.0380. The van der Waals surface area contributed by atoms with E-state index in [1.54, 1.807) is 0 Å². The molecule has 1 saturated heterocycles. The first kappa shape index (κ1) is 13.4. The highest BCUT2D eigenvalue weighted by atomic mass is 16.5. The molecule has 5 nitrogen and oxygen atoms in total. The fourth-order valence-electron chi connectivity index (χ4n) is 1.68. The van der Waals surface area contributed by atoms with Crippen molar-refractivity contribution in [1.29, 1.82) is 0 Å². The van der Waals surface area contributed by atoms with Crippen LogP contribution in [0, 0.1) is 0 Å². The number of ether oxygens (including phenoxy) is 1. The zero-order valence-electron chi connectivity index (χ0n) is 9.78. The summed E-state index contributed by atoms with van der Waals surface area (Å²) in [6, 6.07) is 0. The third-order valence-electron chi connectivity index (χ3n) is 2.64. The minimum Gasteiger partial charge on any atom is -0.396 e. The van der Waals surface area contributed by atoms with E-state index < -0.39 is 0 Å². The second-order valence-electron chi connectivity index (χ2n) is 3.98. The van der Waals surface area contributed by atoms with Crippen molar-refractivity contribution in [1.82, 2.24) is 10.2 Å². The maximum atomic E-state index is 11.2. The molecule has 1 rings (SSSR count). The van der Waals surface area contributed by atoms with Crippen LogP contribution in [0.15, 0.2) is 0 Å². The molecule has 1 heterocycles. The van der Waals surface area contributed by atoms with Gasteiger partial charge in [-0.25, -0.2) is 0 Å². The van der Waals surface area contributed by atoms with Gasteiger partial charge in [-0.1, -0.05) is 0 Å². The largest absolute Gasteiger partial charge is 0.396 e. The molecule has 1 aliphatic rings. The third-order valence-corrected chi connectivity index (χ3v) is 2.64. The fraction of sp³-hybridized carbons (Fsp3) is 0.909. The molecule has 0 bridgehead atoms. The van der Waals surface area contributed by atoms with E-state index in [-0.39, 0.29) is 12.5 Å². The van der Waals surface area contributed by atoms with Crippen LogP contribution in [-0.2, 0) is 9.53 Å². The van der Waals surface area contributed by atoms with E-state index in [1.165, 1.54) is 0 Å². The van der Waals surface area contributed by atoms with Gasteiger partial charge in [-0.2, -0.15) is 0 Å². The quantitative estimate of drug-likeness (QED) is 0.584. The Kier molecular flexibility index (Phi) is 7.12. The van der Waals surface area contributed by atoms with Gasteiger partial charge in [0, 0.05) is 32.7 Å². The van der Waals surface area contributed by atoms with Gasteiger partial charge in [-0.15, -0.1) is 0 Å². The van der Waals surface area contributed by atoms with Gasteiger partial charge in [0.15, 0.2) is 0 Å². The van der Waals surface area contributed by atoms with Crippen molar-refractivity contribution in [3.8, 4) is 0 Å². The van der Waals surface area contributed by atoms with Crippen LogP contribution in [0.3, 0.4) is 0 Å². The molecule has 1 aliphatic heterocycles. The second-order valence-corrected chi connectivity index (χ2v) is 3.98. The predicted molar refractivity (Wildman–Crippen MR) is 61.2 cm³/mol. The minimum absolute atomic E-state index is 0.0380. The predicted octanol–water partition coefficient (Wildman–Crippen LogP) is -0.403. The Morgan fingerprint density at radius 3 is 2.75 bits per heavy atom. The van der Waals surface area contributed by atoms with Gasteiger partial charge < -0.3 is 15.2 Å². The monoisotopic (exact) mass is 230 g/mol. The van der Waals surface area contributed by atoms with Crippen LogP contribution < -0.4 is 5.32 Å². The van der Waals surface area contributed by atoms with Crippen molar-refractivity contribution in [2.45, 2.75) is 19.3 Å². The number of nitrogens with one attached hydrogen (secondary N) is 1. The van der Waals surface area contributed by atoms with Crippen LogP contribution in [-0.4, -0.2) is 61.9 Å². The zero-order chi connectivity index (χ0) is 11.6. The molecule has 1 amide bonds. The Morgan fingerprint density at radius 2 is 2.06 bits per heavy atom. The molecule has 0 aromatic rings. The summed E-state index contributed by atoms with van der Waals surface area (Å²) in [5, 5.41) is 11.4. The van der Waals surface area contributed by atoms with E-state index in [1.807, 2.05) is 0 Å². The molecular formula is C11H22N2O3. The average molecular weight is 230 g/mol. The maximum Gasteiger partial charge on any atom is 0.220 e. The Morgan fingerprint density at radius 1 is 1.31 bits per heavy atom. The fourth-order valence-corrected chi connectivity index (χ4v) is 1.68.